The third-order valence-corrected chi connectivity index (χ3v) is 3.72. The van der Waals surface area contributed by atoms with Gasteiger partial charge in [0.25, 0.3) is 5.91 Å². The van der Waals surface area contributed by atoms with Crippen molar-refractivity contribution in [2.24, 2.45) is 5.92 Å². The Labute approximate surface area is 94.7 Å². The molecular weight excluding hydrogens is 202 g/mol. The molecule has 1 aliphatic carbocycles. The van der Waals surface area contributed by atoms with Crippen molar-refractivity contribution in [1.82, 2.24) is 4.90 Å². The molecule has 1 heterocycles. The zero-order valence-electron chi connectivity index (χ0n) is 9.31. The molecule has 0 unspecified atom stereocenters. The summed E-state index contributed by atoms with van der Waals surface area (Å²) in [4.78, 5) is 14.1. The van der Waals surface area contributed by atoms with Gasteiger partial charge in [0.05, 0.1) is 0 Å². The van der Waals surface area contributed by atoms with Gasteiger partial charge in [-0.15, -0.1) is 0 Å². The van der Waals surface area contributed by atoms with Crippen molar-refractivity contribution in [3.05, 3.63) is 29.3 Å². The van der Waals surface area contributed by atoms with E-state index in [2.05, 4.69) is 6.92 Å². The number of benzene rings is 1. The Morgan fingerprint density at radius 2 is 2.19 bits per heavy atom. The largest absolute Gasteiger partial charge is 0.508 e. The van der Waals surface area contributed by atoms with Crippen LogP contribution >= 0.6 is 0 Å². The van der Waals surface area contributed by atoms with E-state index in [4.69, 9.17) is 0 Å². The number of amides is 1. The lowest BCUT2D eigenvalue weighted by molar-refractivity contribution is 0.0697. The van der Waals surface area contributed by atoms with Gasteiger partial charge >= 0.3 is 0 Å². The molecule has 0 radical (unpaired) electrons. The first-order valence-corrected chi connectivity index (χ1v) is 5.79. The molecule has 1 saturated carbocycles. The molecule has 16 heavy (non-hydrogen) atoms. The first-order valence-electron chi connectivity index (χ1n) is 5.79. The summed E-state index contributed by atoms with van der Waals surface area (Å²) in [5.74, 6) is 1.05. The van der Waals surface area contributed by atoms with Gasteiger partial charge in [-0.25, -0.2) is 0 Å². The number of fused-ring (bicyclic) bond motifs is 1. The maximum absolute atomic E-state index is 12.1. The molecule has 0 bridgehead atoms. The average molecular weight is 217 g/mol. The van der Waals surface area contributed by atoms with Crippen LogP contribution in [0.15, 0.2) is 18.2 Å². The summed E-state index contributed by atoms with van der Waals surface area (Å²) in [5.41, 5.74) is 1.71. The summed E-state index contributed by atoms with van der Waals surface area (Å²) in [6, 6.07) is 5.35. The molecule has 1 aliphatic heterocycles. The minimum absolute atomic E-state index is 0.120. The van der Waals surface area contributed by atoms with Crippen molar-refractivity contribution in [1.29, 1.82) is 0 Å². The lowest BCUT2D eigenvalue weighted by atomic mass is 10.1. The summed E-state index contributed by atoms with van der Waals surface area (Å²) in [6.45, 7) is 2.78. The minimum Gasteiger partial charge on any atom is -0.508 e. The Morgan fingerprint density at radius 1 is 1.44 bits per heavy atom. The molecule has 3 heteroatoms. The van der Waals surface area contributed by atoms with E-state index in [1.807, 2.05) is 4.90 Å². The second kappa shape index (κ2) is 3.24. The van der Waals surface area contributed by atoms with E-state index >= 15 is 0 Å². The van der Waals surface area contributed by atoms with Gasteiger partial charge in [-0.1, -0.05) is 0 Å². The number of hydrogen-bond donors (Lipinski definition) is 1. The maximum Gasteiger partial charge on any atom is 0.254 e. The van der Waals surface area contributed by atoms with Crippen LogP contribution in [0.3, 0.4) is 0 Å². The molecule has 2 aliphatic rings. The standard InChI is InChI=1S/C13H15NO2/c1-8(9-2-3-9)14-7-10-6-11(15)4-5-12(10)13(14)16/h4-6,8-9,15H,2-3,7H2,1H3/t8-/m0/s1. The minimum atomic E-state index is 0.120. The van der Waals surface area contributed by atoms with Gasteiger partial charge in [-0.2, -0.15) is 0 Å². The molecule has 1 N–H and O–H groups in total. The predicted molar refractivity (Wildman–Crippen MR) is 60.2 cm³/mol. The van der Waals surface area contributed by atoms with E-state index < -0.39 is 0 Å². The Kier molecular flexibility index (Phi) is 1.96. The second-order valence-electron chi connectivity index (χ2n) is 4.85. The topological polar surface area (TPSA) is 40.5 Å². The molecule has 3 nitrogen and oxygen atoms in total. The molecule has 1 fully saturated rings. The quantitative estimate of drug-likeness (QED) is 0.824. The van der Waals surface area contributed by atoms with Crippen LogP contribution in [0, 0.1) is 5.92 Å². The zero-order chi connectivity index (χ0) is 11.3. The van der Waals surface area contributed by atoms with Crippen LogP contribution in [0.1, 0.15) is 35.7 Å². The van der Waals surface area contributed by atoms with Crippen LogP contribution in [-0.4, -0.2) is 22.0 Å². The van der Waals surface area contributed by atoms with Crippen molar-refractivity contribution in [2.45, 2.75) is 32.4 Å². The van der Waals surface area contributed by atoms with E-state index in [1.165, 1.54) is 12.8 Å². The van der Waals surface area contributed by atoms with Gasteiger partial charge in [0.2, 0.25) is 0 Å². The molecule has 84 valence electrons. The van der Waals surface area contributed by atoms with Gasteiger partial charge in [0, 0.05) is 18.2 Å². The highest BCUT2D eigenvalue weighted by molar-refractivity contribution is 5.98. The molecule has 1 aromatic rings. The third-order valence-electron chi connectivity index (χ3n) is 3.72. The fourth-order valence-electron chi connectivity index (χ4n) is 2.49. The predicted octanol–water partition coefficient (Wildman–Crippen LogP) is 2.15. The fourth-order valence-corrected chi connectivity index (χ4v) is 2.49. The smallest absolute Gasteiger partial charge is 0.254 e. The van der Waals surface area contributed by atoms with Crippen molar-refractivity contribution >= 4 is 5.91 Å². The Bertz CT molecular complexity index is 451. The average Bonchev–Trinajstić information content (AvgIpc) is 3.04. The van der Waals surface area contributed by atoms with Crippen LogP contribution in [0.25, 0.3) is 0 Å². The highest BCUT2D eigenvalue weighted by atomic mass is 16.3. The number of nitrogens with zero attached hydrogens (tertiary/aromatic N) is 1. The van der Waals surface area contributed by atoms with Gasteiger partial charge in [0.15, 0.2) is 0 Å². The fraction of sp³-hybridized carbons (Fsp3) is 0.462. The summed E-state index contributed by atoms with van der Waals surface area (Å²) < 4.78 is 0. The van der Waals surface area contributed by atoms with Crippen LogP contribution < -0.4 is 0 Å². The van der Waals surface area contributed by atoms with E-state index in [-0.39, 0.29) is 11.7 Å². The Balaban J connectivity index is 1.90. The highest BCUT2D eigenvalue weighted by Crippen LogP contribution is 2.38. The molecule has 1 aromatic carbocycles. The van der Waals surface area contributed by atoms with E-state index in [1.54, 1.807) is 18.2 Å². The molecule has 0 aromatic heterocycles. The monoisotopic (exact) mass is 217 g/mol. The van der Waals surface area contributed by atoms with Crippen LogP contribution in [0.2, 0.25) is 0 Å². The second-order valence-corrected chi connectivity index (χ2v) is 4.85. The van der Waals surface area contributed by atoms with Crippen molar-refractivity contribution in [2.75, 3.05) is 0 Å². The summed E-state index contributed by atoms with van der Waals surface area (Å²) in [6.07, 6.45) is 2.49. The summed E-state index contributed by atoms with van der Waals surface area (Å²) in [7, 11) is 0. The molecule has 0 spiro atoms. The molecule has 1 amide bonds. The van der Waals surface area contributed by atoms with E-state index in [0.717, 1.165) is 11.1 Å². The SMILES string of the molecule is C[C@@H](C1CC1)N1Cc2cc(O)ccc2C1=O. The van der Waals surface area contributed by atoms with Crippen LogP contribution in [-0.2, 0) is 6.54 Å². The lowest BCUT2D eigenvalue weighted by Crippen LogP contribution is -2.34. The van der Waals surface area contributed by atoms with Gasteiger partial charge < -0.3 is 10.0 Å². The summed E-state index contributed by atoms with van der Waals surface area (Å²) >= 11 is 0. The van der Waals surface area contributed by atoms with Crippen LogP contribution in [0.5, 0.6) is 5.75 Å². The Hall–Kier alpha value is -1.51. The highest BCUT2D eigenvalue weighted by Gasteiger charge is 2.38. The first-order chi connectivity index (χ1) is 7.66. The third kappa shape index (κ3) is 1.39. The summed E-state index contributed by atoms with van der Waals surface area (Å²) in [5, 5.41) is 9.40. The van der Waals surface area contributed by atoms with Crippen molar-refractivity contribution in [3.8, 4) is 5.75 Å². The van der Waals surface area contributed by atoms with E-state index in [9.17, 15) is 9.90 Å². The number of phenols is 1. The van der Waals surface area contributed by atoms with Crippen molar-refractivity contribution in [3.63, 3.8) is 0 Å². The number of rotatable bonds is 2. The number of carbonyl (C=O) groups excluding carboxylic acids is 1. The maximum atomic E-state index is 12.1. The van der Waals surface area contributed by atoms with Gasteiger partial charge in [-0.3, -0.25) is 4.79 Å². The molecule has 1 atom stereocenters. The van der Waals surface area contributed by atoms with Gasteiger partial charge in [0.1, 0.15) is 5.75 Å². The normalized spacial score (nSPS) is 21.1. The molecule has 3 rings (SSSR count). The van der Waals surface area contributed by atoms with Crippen molar-refractivity contribution < 1.29 is 9.90 Å². The number of hydrogen-bond acceptors (Lipinski definition) is 2. The number of carbonyl (C=O) groups is 1. The molecular formula is C13H15NO2. The molecule has 0 saturated heterocycles. The first kappa shape index (κ1) is 9.70. The Morgan fingerprint density at radius 3 is 2.88 bits per heavy atom. The number of aromatic hydroxyl groups is 1. The number of phenolic OH excluding ortho intramolecular Hbond substituents is 1. The van der Waals surface area contributed by atoms with Crippen LogP contribution in [0.4, 0.5) is 0 Å². The van der Waals surface area contributed by atoms with E-state index in [0.29, 0.717) is 18.5 Å². The lowest BCUT2D eigenvalue weighted by Gasteiger charge is -2.23. The van der Waals surface area contributed by atoms with Gasteiger partial charge in [-0.05, 0) is 49.4 Å². The zero-order valence-corrected chi connectivity index (χ0v) is 9.31.